The molecule has 2 unspecified atom stereocenters. The molecule has 6 nitrogen and oxygen atoms in total. The molecule has 1 amide bonds. The van der Waals surface area contributed by atoms with Crippen LogP contribution in [-0.2, 0) is 11.2 Å². The fraction of sp³-hybridized carbons (Fsp3) is 0.500. The maximum Gasteiger partial charge on any atom is 0.237 e. The normalized spacial score (nSPS) is 21.5. The van der Waals surface area contributed by atoms with E-state index < -0.39 is 0 Å². The van der Waals surface area contributed by atoms with Gasteiger partial charge in [0.05, 0.1) is 29.7 Å². The van der Waals surface area contributed by atoms with E-state index in [-0.39, 0.29) is 23.9 Å². The molecule has 7 heteroatoms. The lowest BCUT2D eigenvalue weighted by Gasteiger charge is -2.31. The van der Waals surface area contributed by atoms with Crippen LogP contribution in [0, 0.1) is 19.7 Å². The average Bonchev–Trinajstić information content (AvgIpc) is 3.14. The molecule has 1 saturated heterocycles. The molecule has 1 N–H and O–H groups in total. The van der Waals surface area contributed by atoms with Crippen LogP contribution in [0.2, 0.25) is 0 Å². The fourth-order valence-corrected chi connectivity index (χ4v) is 4.20. The van der Waals surface area contributed by atoms with Gasteiger partial charge >= 0.3 is 0 Å². The summed E-state index contributed by atoms with van der Waals surface area (Å²) < 4.78 is 20.6. The number of halogens is 1. The van der Waals surface area contributed by atoms with Crippen LogP contribution < -0.4 is 10.1 Å². The summed E-state index contributed by atoms with van der Waals surface area (Å²) in [5, 5.41) is 3.00. The van der Waals surface area contributed by atoms with E-state index in [0.717, 1.165) is 42.8 Å². The molecule has 1 fully saturated rings. The Morgan fingerprint density at radius 1 is 1.34 bits per heavy atom. The zero-order valence-corrected chi connectivity index (χ0v) is 17.2. The summed E-state index contributed by atoms with van der Waals surface area (Å²) in [7, 11) is 1.98. The molecule has 0 aliphatic carbocycles. The second kappa shape index (κ2) is 8.06. The maximum atomic E-state index is 14.5. The third-order valence-electron chi connectivity index (χ3n) is 5.83. The topological polar surface area (TPSA) is 67.3 Å². The Kier molecular flexibility index (Phi) is 5.50. The summed E-state index contributed by atoms with van der Waals surface area (Å²) in [6.07, 6.45) is 4.91. The van der Waals surface area contributed by atoms with E-state index in [1.54, 1.807) is 12.3 Å². The predicted octanol–water partition coefficient (Wildman–Crippen LogP) is 2.80. The quantitative estimate of drug-likeness (QED) is 0.858. The van der Waals surface area contributed by atoms with E-state index in [9.17, 15) is 9.18 Å². The second-order valence-corrected chi connectivity index (χ2v) is 8.03. The molecule has 3 heterocycles. The van der Waals surface area contributed by atoms with Crippen molar-refractivity contribution in [2.75, 3.05) is 20.1 Å². The lowest BCUT2D eigenvalue weighted by Crippen LogP contribution is -2.49. The summed E-state index contributed by atoms with van der Waals surface area (Å²) in [6, 6.07) is 3.06. The van der Waals surface area contributed by atoms with Crippen LogP contribution >= 0.6 is 0 Å². The Hall–Kier alpha value is -2.54. The first-order chi connectivity index (χ1) is 13.9. The smallest absolute Gasteiger partial charge is 0.237 e. The van der Waals surface area contributed by atoms with Gasteiger partial charge in [-0.1, -0.05) is 6.42 Å². The average molecular weight is 398 g/mol. The van der Waals surface area contributed by atoms with Crippen molar-refractivity contribution in [2.45, 2.75) is 51.7 Å². The summed E-state index contributed by atoms with van der Waals surface area (Å²) in [6.45, 7) is 5.05. The van der Waals surface area contributed by atoms with Gasteiger partial charge in [-0.3, -0.25) is 14.7 Å². The van der Waals surface area contributed by atoms with Crippen molar-refractivity contribution in [3.8, 4) is 17.0 Å². The fourth-order valence-electron chi connectivity index (χ4n) is 4.20. The van der Waals surface area contributed by atoms with E-state index in [1.165, 1.54) is 6.07 Å². The van der Waals surface area contributed by atoms with Crippen molar-refractivity contribution >= 4 is 5.91 Å². The third kappa shape index (κ3) is 3.96. The monoisotopic (exact) mass is 398 g/mol. The zero-order valence-electron chi connectivity index (χ0n) is 17.2. The highest BCUT2D eigenvalue weighted by atomic mass is 19.1. The number of amides is 1. The van der Waals surface area contributed by atoms with Gasteiger partial charge in [-0.25, -0.2) is 9.37 Å². The molecule has 1 aromatic heterocycles. The van der Waals surface area contributed by atoms with Crippen molar-refractivity contribution in [2.24, 2.45) is 0 Å². The molecule has 0 radical (unpaired) electrons. The number of hydrogen-bond donors (Lipinski definition) is 1. The van der Waals surface area contributed by atoms with Crippen molar-refractivity contribution in [1.29, 1.82) is 0 Å². The number of ether oxygens (including phenoxy) is 1. The molecule has 2 aliphatic rings. The lowest BCUT2D eigenvalue weighted by molar-refractivity contribution is -0.127. The van der Waals surface area contributed by atoms with Crippen molar-refractivity contribution in [3.63, 3.8) is 0 Å². The number of aryl methyl sites for hydroxylation is 2. The van der Waals surface area contributed by atoms with Gasteiger partial charge in [0.15, 0.2) is 0 Å². The number of fused-ring (bicyclic) bond motifs is 1. The molecule has 2 aliphatic heterocycles. The Labute approximate surface area is 170 Å². The van der Waals surface area contributed by atoms with Gasteiger partial charge < -0.3 is 10.1 Å². The molecule has 154 valence electrons. The van der Waals surface area contributed by atoms with Crippen molar-refractivity contribution in [1.82, 2.24) is 20.2 Å². The first-order valence-corrected chi connectivity index (χ1v) is 10.2. The predicted molar refractivity (Wildman–Crippen MR) is 108 cm³/mol. The standard InChI is InChI=1S/C22H27FN4O2/c1-13-11-24-14(2)20(26-13)16-7-8-18(23)17-10-15(29-21(16)17)12-25-22(28)19-6-4-5-9-27(19)3/h7-8,11,15,19H,4-6,9-10,12H2,1-3H3,(H,25,28). The molecule has 1 aromatic carbocycles. The van der Waals surface area contributed by atoms with Crippen molar-refractivity contribution in [3.05, 3.63) is 41.1 Å². The largest absolute Gasteiger partial charge is 0.487 e. The highest BCUT2D eigenvalue weighted by Gasteiger charge is 2.31. The number of nitrogens with zero attached hydrogens (tertiary/aromatic N) is 3. The molecule has 2 aromatic rings. The number of carbonyl (C=O) groups is 1. The number of aromatic nitrogens is 2. The van der Waals surface area contributed by atoms with Crippen LogP contribution in [0.5, 0.6) is 5.75 Å². The number of nitrogens with one attached hydrogen (secondary N) is 1. The van der Waals surface area contributed by atoms with E-state index in [2.05, 4.69) is 20.2 Å². The lowest BCUT2D eigenvalue weighted by atomic mass is 10.0. The number of piperidine rings is 1. The summed E-state index contributed by atoms with van der Waals surface area (Å²) in [5.41, 5.74) is 3.55. The number of rotatable bonds is 4. The number of likely N-dealkylation sites (N-methyl/N-ethyl adjacent to an activating group) is 1. The van der Waals surface area contributed by atoms with Crippen LogP contribution in [0.3, 0.4) is 0 Å². The van der Waals surface area contributed by atoms with Crippen LogP contribution in [0.1, 0.15) is 36.2 Å². The van der Waals surface area contributed by atoms with E-state index in [0.29, 0.717) is 30.0 Å². The molecule has 2 atom stereocenters. The zero-order chi connectivity index (χ0) is 20.5. The summed E-state index contributed by atoms with van der Waals surface area (Å²) in [5.74, 6) is 0.248. The molecule has 4 rings (SSSR count). The molecule has 0 spiro atoms. The minimum Gasteiger partial charge on any atom is -0.487 e. The van der Waals surface area contributed by atoms with Gasteiger partial charge in [-0.15, -0.1) is 0 Å². The van der Waals surface area contributed by atoms with E-state index in [4.69, 9.17) is 4.74 Å². The van der Waals surface area contributed by atoms with Gasteiger partial charge in [0.25, 0.3) is 0 Å². The Balaban J connectivity index is 1.50. The molecular weight excluding hydrogens is 371 g/mol. The first-order valence-electron chi connectivity index (χ1n) is 10.2. The van der Waals surface area contributed by atoms with Crippen LogP contribution in [-0.4, -0.2) is 53.1 Å². The third-order valence-corrected chi connectivity index (χ3v) is 5.83. The first kappa shape index (κ1) is 19.8. The van der Waals surface area contributed by atoms with Crippen molar-refractivity contribution < 1.29 is 13.9 Å². The van der Waals surface area contributed by atoms with Gasteiger partial charge in [-0.05, 0) is 52.4 Å². The van der Waals surface area contributed by atoms with Crippen LogP contribution in [0.15, 0.2) is 18.3 Å². The molecule has 29 heavy (non-hydrogen) atoms. The number of hydrogen-bond acceptors (Lipinski definition) is 5. The van der Waals surface area contributed by atoms with E-state index in [1.807, 2.05) is 20.9 Å². The Morgan fingerprint density at radius 2 is 2.17 bits per heavy atom. The molecule has 0 saturated carbocycles. The van der Waals surface area contributed by atoms with Crippen LogP contribution in [0.4, 0.5) is 4.39 Å². The van der Waals surface area contributed by atoms with Gasteiger partial charge in [0, 0.05) is 23.7 Å². The van der Waals surface area contributed by atoms with Gasteiger partial charge in [0.1, 0.15) is 17.7 Å². The Bertz CT molecular complexity index is 933. The summed E-state index contributed by atoms with van der Waals surface area (Å²) >= 11 is 0. The molecule has 0 bridgehead atoms. The van der Waals surface area contributed by atoms with E-state index >= 15 is 0 Å². The minimum absolute atomic E-state index is 0.0212. The maximum absolute atomic E-state index is 14.5. The van der Waals surface area contributed by atoms with Crippen LogP contribution in [0.25, 0.3) is 11.3 Å². The highest BCUT2D eigenvalue weighted by Crippen LogP contribution is 2.40. The molecular formula is C22H27FN4O2. The second-order valence-electron chi connectivity index (χ2n) is 8.03. The number of likely N-dealkylation sites (tertiary alicyclic amines) is 1. The number of carbonyl (C=O) groups excluding carboxylic acids is 1. The SMILES string of the molecule is Cc1cnc(C)c(-c2ccc(F)c3c2OC(CNC(=O)C2CCCCN2C)C3)n1. The number of benzene rings is 1. The highest BCUT2D eigenvalue weighted by molar-refractivity contribution is 5.81. The van der Waals surface area contributed by atoms with Gasteiger partial charge in [-0.2, -0.15) is 0 Å². The van der Waals surface area contributed by atoms with Gasteiger partial charge in [0.2, 0.25) is 5.91 Å². The Morgan fingerprint density at radius 3 is 2.97 bits per heavy atom. The summed E-state index contributed by atoms with van der Waals surface area (Å²) in [4.78, 5) is 23.6. The minimum atomic E-state index is -0.295.